The highest BCUT2D eigenvalue weighted by Gasteiger charge is 2.10. The van der Waals surface area contributed by atoms with Crippen LogP contribution in [0.1, 0.15) is 11.3 Å². The van der Waals surface area contributed by atoms with Gasteiger partial charge in [0.05, 0.1) is 0 Å². The van der Waals surface area contributed by atoms with Crippen LogP contribution in [0.3, 0.4) is 0 Å². The summed E-state index contributed by atoms with van der Waals surface area (Å²) in [7, 11) is 0. The Balaban J connectivity index is 2.62. The first-order chi connectivity index (χ1) is 5.43. The molecule has 0 fully saturated rings. The van der Waals surface area contributed by atoms with E-state index in [1.807, 2.05) is 6.20 Å². The molecule has 2 bridgehead atoms. The van der Waals surface area contributed by atoms with Gasteiger partial charge in [-0.05, 0) is 17.0 Å². The maximum absolute atomic E-state index is 4.32. The molecule has 0 spiro atoms. The molecule has 0 N–H and O–H groups in total. The highest BCUT2D eigenvalue weighted by Crippen LogP contribution is 2.26. The lowest BCUT2D eigenvalue weighted by Crippen LogP contribution is -1.78. The molecule has 1 heteroatoms. The first-order valence-electron chi connectivity index (χ1n) is 3.80. The van der Waals surface area contributed by atoms with Gasteiger partial charge in [0.1, 0.15) is 0 Å². The van der Waals surface area contributed by atoms with Crippen LogP contribution in [0.15, 0.2) is 30.5 Å². The molecule has 0 radical (unpaired) electrons. The van der Waals surface area contributed by atoms with Gasteiger partial charge in [0, 0.05) is 23.7 Å². The minimum Gasteiger partial charge on any atom is -0.260 e. The van der Waals surface area contributed by atoms with E-state index in [0.29, 0.717) is 0 Å². The molecule has 3 rings (SSSR count). The Morgan fingerprint density at radius 1 is 1.27 bits per heavy atom. The molecule has 0 saturated heterocycles. The summed E-state index contributed by atoms with van der Waals surface area (Å²) < 4.78 is 0. The summed E-state index contributed by atoms with van der Waals surface area (Å²) in [5.41, 5.74) is 2.63. The number of rotatable bonds is 0. The SMILES string of the molecule is c1cc2c3cc(ncc3c1)C2. The lowest BCUT2D eigenvalue weighted by molar-refractivity contribution is 1.14. The lowest BCUT2D eigenvalue weighted by Gasteiger charge is -1.92. The number of fused-ring (bicyclic) bond motifs is 1. The molecule has 0 saturated carbocycles. The van der Waals surface area contributed by atoms with Crippen LogP contribution >= 0.6 is 0 Å². The summed E-state index contributed by atoms with van der Waals surface area (Å²) in [5, 5.41) is 2.65. The van der Waals surface area contributed by atoms with Crippen LogP contribution in [0.2, 0.25) is 0 Å². The fraction of sp³-hybridized carbons (Fsp3) is 0.100. The summed E-state index contributed by atoms with van der Waals surface area (Å²) in [6, 6.07) is 8.57. The van der Waals surface area contributed by atoms with Gasteiger partial charge in [-0.3, -0.25) is 4.98 Å². The normalized spacial score (nSPS) is 13.1. The van der Waals surface area contributed by atoms with Crippen LogP contribution in [-0.2, 0) is 6.42 Å². The van der Waals surface area contributed by atoms with E-state index in [1.54, 1.807) is 0 Å². The summed E-state index contributed by atoms with van der Waals surface area (Å²) in [6.07, 6.45) is 2.99. The smallest absolute Gasteiger partial charge is 0.0454 e. The fourth-order valence-corrected chi connectivity index (χ4v) is 1.72. The highest BCUT2D eigenvalue weighted by molar-refractivity contribution is 5.87. The van der Waals surface area contributed by atoms with Crippen molar-refractivity contribution in [1.82, 2.24) is 4.98 Å². The second-order valence-corrected chi connectivity index (χ2v) is 2.99. The Morgan fingerprint density at radius 2 is 2.27 bits per heavy atom. The molecule has 1 heterocycles. The molecular weight excluding hydrogens is 134 g/mol. The average Bonchev–Trinajstić information content (AvgIpc) is 2.42. The molecule has 1 aliphatic rings. The maximum atomic E-state index is 4.32. The second kappa shape index (κ2) is 1.62. The molecule has 0 atom stereocenters. The Kier molecular flexibility index (Phi) is 0.779. The van der Waals surface area contributed by atoms with Crippen LogP contribution in [-0.4, -0.2) is 4.98 Å². The zero-order valence-corrected chi connectivity index (χ0v) is 6.04. The molecule has 0 aliphatic heterocycles. The quantitative estimate of drug-likeness (QED) is 0.467. The molecule has 1 aliphatic carbocycles. The van der Waals surface area contributed by atoms with Gasteiger partial charge in [-0.25, -0.2) is 0 Å². The number of benzene rings is 1. The van der Waals surface area contributed by atoms with Crippen LogP contribution in [0.5, 0.6) is 0 Å². The zero-order valence-electron chi connectivity index (χ0n) is 6.04. The number of hydrogen-bond donors (Lipinski definition) is 0. The van der Waals surface area contributed by atoms with Gasteiger partial charge in [-0.1, -0.05) is 18.2 Å². The fourth-order valence-electron chi connectivity index (χ4n) is 1.72. The van der Waals surface area contributed by atoms with Gasteiger partial charge < -0.3 is 0 Å². The van der Waals surface area contributed by atoms with Crippen LogP contribution in [0.4, 0.5) is 0 Å². The van der Waals surface area contributed by atoms with Crippen molar-refractivity contribution >= 4 is 10.8 Å². The van der Waals surface area contributed by atoms with Gasteiger partial charge >= 0.3 is 0 Å². The van der Waals surface area contributed by atoms with Gasteiger partial charge in [0.25, 0.3) is 0 Å². The number of pyridine rings is 1. The molecule has 0 unspecified atom stereocenters. The van der Waals surface area contributed by atoms with E-state index < -0.39 is 0 Å². The van der Waals surface area contributed by atoms with Crippen LogP contribution in [0.25, 0.3) is 10.8 Å². The van der Waals surface area contributed by atoms with Crippen molar-refractivity contribution in [3.05, 3.63) is 41.7 Å². The molecule has 52 valence electrons. The van der Waals surface area contributed by atoms with Crippen molar-refractivity contribution < 1.29 is 0 Å². The van der Waals surface area contributed by atoms with Crippen LogP contribution in [0, 0.1) is 0 Å². The Bertz CT molecular complexity index is 432. The van der Waals surface area contributed by atoms with E-state index in [1.165, 1.54) is 22.0 Å². The van der Waals surface area contributed by atoms with Gasteiger partial charge in [0.15, 0.2) is 0 Å². The molecule has 1 aromatic heterocycles. The molecular formula is C10H7N. The highest BCUT2D eigenvalue weighted by atomic mass is 14.7. The van der Waals surface area contributed by atoms with Crippen molar-refractivity contribution in [2.75, 3.05) is 0 Å². The number of nitrogens with zero attached hydrogens (tertiary/aromatic N) is 1. The monoisotopic (exact) mass is 141 g/mol. The standard InChI is InChI=1S/C10H7N/c1-2-7-4-9-5-10(7)8(3-1)6-11-9/h1-3,5-6H,4H2. The van der Waals surface area contributed by atoms with Crippen LogP contribution < -0.4 is 0 Å². The van der Waals surface area contributed by atoms with Crippen molar-refractivity contribution in [2.45, 2.75) is 6.42 Å². The molecule has 0 amide bonds. The van der Waals surface area contributed by atoms with Gasteiger partial charge in [0.2, 0.25) is 0 Å². The van der Waals surface area contributed by atoms with E-state index in [4.69, 9.17) is 0 Å². The van der Waals surface area contributed by atoms with Crippen molar-refractivity contribution in [3.63, 3.8) is 0 Å². The van der Waals surface area contributed by atoms with E-state index in [0.717, 1.165) is 6.42 Å². The Labute approximate surface area is 64.7 Å². The summed E-state index contributed by atoms with van der Waals surface area (Å²) in [5.74, 6) is 0. The predicted molar refractivity (Wildman–Crippen MR) is 44.5 cm³/mol. The lowest BCUT2D eigenvalue weighted by atomic mass is 10.1. The average molecular weight is 141 g/mol. The molecule has 11 heavy (non-hydrogen) atoms. The first kappa shape index (κ1) is 5.30. The first-order valence-corrected chi connectivity index (χ1v) is 3.80. The van der Waals surface area contributed by atoms with Crippen molar-refractivity contribution in [2.24, 2.45) is 0 Å². The number of aromatic nitrogens is 1. The van der Waals surface area contributed by atoms with E-state index in [2.05, 4.69) is 29.2 Å². The largest absolute Gasteiger partial charge is 0.260 e. The number of hydrogen-bond acceptors (Lipinski definition) is 1. The summed E-state index contributed by atoms with van der Waals surface area (Å²) in [6.45, 7) is 0. The van der Waals surface area contributed by atoms with E-state index in [-0.39, 0.29) is 0 Å². The van der Waals surface area contributed by atoms with E-state index >= 15 is 0 Å². The maximum Gasteiger partial charge on any atom is 0.0454 e. The third kappa shape index (κ3) is 0.577. The van der Waals surface area contributed by atoms with Crippen molar-refractivity contribution in [3.8, 4) is 0 Å². The minimum atomic E-state index is 1.03. The second-order valence-electron chi connectivity index (χ2n) is 2.99. The van der Waals surface area contributed by atoms with Gasteiger partial charge in [-0.2, -0.15) is 0 Å². The van der Waals surface area contributed by atoms with E-state index in [9.17, 15) is 0 Å². The Morgan fingerprint density at radius 3 is 3.27 bits per heavy atom. The van der Waals surface area contributed by atoms with Crippen molar-refractivity contribution in [1.29, 1.82) is 0 Å². The molecule has 1 nitrogen and oxygen atoms in total. The third-order valence-corrected chi connectivity index (χ3v) is 2.28. The zero-order chi connectivity index (χ0) is 7.26. The predicted octanol–water partition coefficient (Wildman–Crippen LogP) is 2.14. The molecule has 2 aromatic rings. The summed E-state index contributed by atoms with van der Waals surface area (Å²) in [4.78, 5) is 4.32. The van der Waals surface area contributed by atoms with Gasteiger partial charge in [-0.15, -0.1) is 0 Å². The third-order valence-electron chi connectivity index (χ3n) is 2.28. The minimum absolute atomic E-state index is 1.03. The Hall–Kier alpha value is -1.37. The summed E-state index contributed by atoms with van der Waals surface area (Å²) >= 11 is 0. The topological polar surface area (TPSA) is 12.9 Å². The molecule has 1 aromatic carbocycles.